The molecule has 0 radical (unpaired) electrons. The standard InChI is InChI=1S/C13H11N3O3S/c1-9(10-4-2-5-11(8-10)16(18)19)14-15-13(17)12-6-3-7-20-12/h2-8H,1H3,(H,15,17)/b14-9+. The Bertz CT molecular complexity index is 665. The number of nitrogens with zero attached hydrogens (tertiary/aromatic N) is 2. The fourth-order valence-corrected chi connectivity index (χ4v) is 2.12. The molecule has 0 bridgehead atoms. The average molecular weight is 289 g/mol. The van der Waals surface area contributed by atoms with Crippen LogP contribution < -0.4 is 5.43 Å². The second-order valence-corrected chi connectivity index (χ2v) is 4.87. The van der Waals surface area contributed by atoms with Crippen LogP contribution in [0.15, 0.2) is 46.9 Å². The first-order valence-electron chi connectivity index (χ1n) is 5.71. The molecule has 0 aliphatic carbocycles. The first-order chi connectivity index (χ1) is 9.58. The van der Waals surface area contributed by atoms with Crippen LogP contribution in [0.5, 0.6) is 0 Å². The highest BCUT2D eigenvalue weighted by Crippen LogP contribution is 2.14. The van der Waals surface area contributed by atoms with Crippen molar-refractivity contribution in [1.82, 2.24) is 5.43 Å². The number of nitro benzene ring substituents is 1. The maximum absolute atomic E-state index is 11.7. The number of non-ortho nitro benzene ring substituents is 1. The molecule has 2 rings (SSSR count). The molecule has 1 aromatic heterocycles. The molecule has 1 N–H and O–H groups in total. The molecule has 2 aromatic rings. The molecule has 102 valence electrons. The lowest BCUT2D eigenvalue weighted by molar-refractivity contribution is -0.384. The summed E-state index contributed by atoms with van der Waals surface area (Å²) < 4.78 is 0. The molecule has 0 aliphatic heterocycles. The fraction of sp³-hybridized carbons (Fsp3) is 0.0769. The van der Waals surface area contributed by atoms with Crippen molar-refractivity contribution >= 4 is 28.6 Å². The van der Waals surface area contributed by atoms with Crippen LogP contribution in [0, 0.1) is 10.1 Å². The Morgan fingerprint density at radius 3 is 2.80 bits per heavy atom. The number of hydrazone groups is 1. The van der Waals surface area contributed by atoms with E-state index in [0.29, 0.717) is 16.2 Å². The zero-order chi connectivity index (χ0) is 14.5. The average Bonchev–Trinajstić information content (AvgIpc) is 2.98. The van der Waals surface area contributed by atoms with Crippen molar-refractivity contribution in [3.63, 3.8) is 0 Å². The van der Waals surface area contributed by atoms with Crippen LogP contribution in [0.1, 0.15) is 22.2 Å². The molecule has 0 aliphatic rings. The molecular weight excluding hydrogens is 278 g/mol. The Balaban J connectivity index is 2.12. The van der Waals surface area contributed by atoms with Gasteiger partial charge in [0.05, 0.1) is 15.5 Å². The Morgan fingerprint density at radius 2 is 2.15 bits per heavy atom. The summed E-state index contributed by atoms with van der Waals surface area (Å²) in [5, 5.41) is 16.4. The lowest BCUT2D eigenvalue weighted by Crippen LogP contribution is -2.18. The van der Waals surface area contributed by atoms with Crippen molar-refractivity contribution < 1.29 is 9.72 Å². The topological polar surface area (TPSA) is 84.6 Å². The normalized spacial score (nSPS) is 11.2. The quantitative estimate of drug-likeness (QED) is 0.533. The first kappa shape index (κ1) is 13.9. The Morgan fingerprint density at radius 1 is 1.35 bits per heavy atom. The zero-order valence-corrected chi connectivity index (χ0v) is 11.4. The van der Waals surface area contributed by atoms with Gasteiger partial charge in [0.25, 0.3) is 11.6 Å². The molecule has 1 amide bonds. The van der Waals surface area contributed by atoms with Crippen LogP contribution in [0.3, 0.4) is 0 Å². The number of nitrogens with one attached hydrogen (secondary N) is 1. The number of hydrogen-bond acceptors (Lipinski definition) is 5. The van der Waals surface area contributed by atoms with Gasteiger partial charge in [-0.3, -0.25) is 14.9 Å². The van der Waals surface area contributed by atoms with Crippen LogP contribution in [0.2, 0.25) is 0 Å². The predicted molar refractivity (Wildman–Crippen MR) is 77.1 cm³/mol. The summed E-state index contributed by atoms with van der Waals surface area (Å²) in [6.07, 6.45) is 0. The minimum absolute atomic E-state index is 0.0124. The highest BCUT2D eigenvalue weighted by atomic mass is 32.1. The third-order valence-electron chi connectivity index (χ3n) is 2.54. The number of carbonyl (C=O) groups excluding carboxylic acids is 1. The van der Waals surface area contributed by atoms with Gasteiger partial charge in [0.2, 0.25) is 0 Å². The van der Waals surface area contributed by atoms with Crippen molar-refractivity contribution in [2.24, 2.45) is 5.10 Å². The summed E-state index contributed by atoms with van der Waals surface area (Å²) in [6, 6.07) is 9.56. The van der Waals surface area contributed by atoms with Gasteiger partial charge in [-0.1, -0.05) is 18.2 Å². The second kappa shape index (κ2) is 6.07. The molecule has 0 saturated carbocycles. The van der Waals surface area contributed by atoms with Gasteiger partial charge in [-0.25, -0.2) is 5.43 Å². The van der Waals surface area contributed by atoms with E-state index in [2.05, 4.69) is 10.5 Å². The van der Waals surface area contributed by atoms with E-state index >= 15 is 0 Å². The lowest BCUT2D eigenvalue weighted by Gasteiger charge is -2.02. The van der Waals surface area contributed by atoms with E-state index in [9.17, 15) is 14.9 Å². The van der Waals surface area contributed by atoms with Gasteiger partial charge >= 0.3 is 0 Å². The molecule has 0 fully saturated rings. The maximum atomic E-state index is 11.7. The largest absolute Gasteiger partial charge is 0.281 e. The van der Waals surface area contributed by atoms with Crippen molar-refractivity contribution in [2.75, 3.05) is 0 Å². The molecule has 0 saturated heterocycles. The molecule has 1 aromatic carbocycles. The SMILES string of the molecule is C/C(=N\NC(=O)c1cccs1)c1cccc([N+](=O)[O-])c1. The third kappa shape index (κ3) is 3.27. The van der Waals surface area contributed by atoms with Gasteiger partial charge < -0.3 is 0 Å². The third-order valence-corrected chi connectivity index (χ3v) is 3.41. The Labute approximate surface area is 118 Å². The molecule has 0 atom stereocenters. The molecule has 0 spiro atoms. The summed E-state index contributed by atoms with van der Waals surface area (Å²) in [6.45, 7) is 1.67. The van der Waals surface area contributed by atoms with Crippen LogP contribution in [0.4, 0.5) is 5.69 Å². The van der Waals surface area contributed by atoms with Crippen molar-refractivity contribution in [1.29, 1.82) is 0 Å². The molecule has 6 nitrogen and oxygen atoms in total. The highest BCUT2D eigenvalue weighted by molar-refractivity contribution is 7.12. The number of hydrogen-bond donors (Lipinski definition) is 1. The van der Waals surface area contributed by atoms with Gasteiger partial charge in [-0.15, -0.1) is 11.3 Å². The van der Waals surface area contributed by atoms with Crippen LogP contribution in [-0.2, 0) is 0 Å². The van der Waals surface area contributed by atoms with Gasteiger partial charge in [0.15, 0.2) is 0 Å². The monoisotopic (exact) mass is 289 g/mol. The van der Waals surface area contributed by atoms with E-state index < -0.39 is 4.92 Å². The summed E-state index contributed by atoms with van der Waals surface area (Å²) in [7, 11) is 0. The Kier molecular flexibility index (Phi) is 4.21. The van der Waals surface area contributed by atoms with E-state index in [1.54, 1.807) is 36.6 Å². The minimum atomic E-state index is -0.471. The highest BCUT2D eigenvalue weighted by Gasteiger charge is 2.08. The van der Waals surface area contributed by atoms with Crippen LogP contribution in [-0.4, -0.2) is 16.5 Å². The summed E-state index contributed by atoms with van der Waals surface area (Å²) in [5.74, 6) is -0.301. The second-order valence-electron chi connectivity index (χ2n) is 3.92. The van der Waals surface area contributed by atoms with E-state index in [0.717, 1.165) is 0 Å². The molecule has 20 heavy (non-hydrogen) atoms. The van der Waals surface area contributed by atoms with Gasteiger partial charge in [0, 0.05) is 17.7 Å². The first-order valence-corrected chi connectivity index (χ1v) is 6.59. The summed E-state index contributed by atoms with van der Waals surface area (Å²) >= 11 is 1.31. The van der Waals surface area contributed by atoms with E-state index in [4.69, 9.17) is 0 Å². The zero-order valence-electron chi connectivity index (χ0n) is 10.6. The van der Waals surface area contributed by atoms with Crippen LogP contribution in [0.25, 0.3) is 0 Å². The molecule has 7 heteroatoms. The molecular formula is C13H11N3O3S. The van der Waals surface area contributed by atoms with Gasteiger partial charge in [-0.05, 0) is 18.4 Å². The van der Waals surface area contributed by atoms with E-state index in [1.807, 2.05) is 0 Å². The smallest absolute Gasteiger partial charge is 0.266 e. The number of carbonyl (C=O) groups is 1. The van der Waals surface area contributed by atoms with E-state index in [1.165, 1.54) is 23.5 Å². The maximum Gasteiger partial charge on any atom is 0.281 e. The number of rotatable bonds is 4. The fourth-order valence-electron chi connectivity index (χ4n) is 1.51. The summed E-state index contributed by atoms with van der Waals surface area (Å²) in [5.41, 5.74) is 3.50. The molecule has 0 unspecified atom stereocenters. The van der Waals surface area contributed by atoms with Gasteiger partial charge in [-0.2, -0.15) is 5.10 Å². The number of thiophene rings is 1. The number of amides is 1. The lowest BCUT2D eigenvalue weighted by atomic mass is 10.1. The van der Waals surface area contributed by atoms with Crippen molar-refractivity contribution in [3.05, 3.63) is 62.3 Å². The van der Waals surface area contributed by atoms with Crippen molar-refractivity contribution in [2.45, 2.75) is 6.92 Å². The predicted octanol–water partition coefficient (Wildman–Crippen LogP) is 2.81. The number of nitro groups is 1. The van der Waals surface area contributed by atoms with Crippen molar-refractivity contribution in [3.8, 4) is 0 Å². The van der Waals surface area contributed by atoms with Gasteiger partial charge in [0.1, 0.15) is 0 Å². The number of benzene rings is 1. The summed E-state index contributed by atoms with van der Waals surface area (Å²) in [4.78, 5) is 22.5. The molecule has 1 heterocycles. The van der Waals surface area contributed by atoms with Crippen LogP contribution >= 0.6 is 11.3 Å². The Hall–Kier alpha value is -2.54. The van der Waals surface area contributed by atoms with E-state index in [-0.39, 0.29) is 11.6 Å². The minimum Gasteiger partial charge on any atom is -0.266 e.